The number of carbonyl (C=O) groups excluding carboxylic acids is 1. The normalized spacial score (nSPS) is 20.2. The lowest BCUT2D eigenvalue weighted by molar-refractivity contribution is -0.356. The molecule has 1 atom stereocenters. The predicted octanol–water partition coefficient (Wildman–Crippen LogP) is 2.46. The topological polar surface area (TPSA) is 48.0 Å². The van der Waals surface area contributed by atoms with E-state index in [0.29, 0.717) is 13.2 Å². The Balaban J connectivity index is 2.34. The van der Waals surface area contributed by atoms with Crippen LogP contribution in [0.5, 0.6) is 0 Å². The number of hydrogen-bond acceptors (Lipinski definition) is 4. The van der Waals surface area contributed by atoms with Gasteiger partial charge in [-0.05, 0) is 19.4 Å². The summed E-state index contributed by atoms with van der Waals surface area (Å²) in [6.07, 6.45) is 1.59. The lowest BCUT2D eigenvalue weighted by Crippen LogP contribution is -2.70. The Kier molecular flexibility index (Phi) is 5.12. The Labute approximate surface area is 125 Å². The van der Waals surface area contributed by atoms with Crippen LogP contribution in [-0.2, 0) is 19.1 Å². The highest BCUT2D eigenvalue weighted by Gasteiger charge is 2.65. The predicted molar refractivity (Wildman–Crippen MR) is 78.2 cm³/mol. The second-order valence-electron chi connectivity index (χ2n) is 4.56. The van der Waals surface area contributed by atoms with Crippen molar-refractivity contribution in [3.05, 3.63) is 48.6 Å². The summed E-state index contributed by atoms with van der Waals surface area (Å²) in [6.45, 7) is 8.28. The van der Waals surface area contributed by atoms with Crippen LogP contribution in [-0.4, -0.2) is 36.6 Å². The van der Waals surface area contributed by atoms with Gasteiger partial charge in [0.2, 0.25) is 0 Å². The quantitative estimate of drug-likeness (QED) is 0.419. The van der Waals surface area contributed by atoms with Crippen molar-refractivity contribution in [1.29, 1.82) is 0 Å². The van der Waals surface area contributed by atoms with Crippen LogP contribution in [0.4, 0.5) is 0 Å². The second kappa shape index (κ2) is 6.85. The van der Waals surface area contributed by atoms with Gasteiger partial charge < -0.3 is 9.47 Å². The third-order valence-electron chi connectivity index (χ3n) is 3.26. The SMILES string of the molecule is C=CCON1C(=O)C(OCC)(OCC)C1c1ccccc1. The van der Waals surface area contributed by atoms with E-state index in [1.807, 2.05) is 44.2 Å². The number of rotatable bonds is 8. The summed E-state index contributed by atoms with van der Waals surface area (Å²) in [5.74, 6) is -1.62. The zero-order valence-electron chi connectivity index (χ0n) is 12.5. The van der Waals surface area contributed by atoms with Crippen molar-refractivity contribution in [3.63, 3.8) is 0 Å². The van der Waals surface area contributed by atoms with Crippen LogP contribution < -0.4 is 0 Å². The maximum Gasteiger partial charge on any atom is 0.309 e. The number of benzene rings is 1. The number of hydrogen-bond donors (Lipinski definition) is 0. The van der Waals surface area contributed by atoms with E-state index >= 15 is 0 Å². The summed E-state index contributed by atoms with van der Waals surface area (Å²) in [4.78, 5) is 17.9. The van der Waals surface area contributed by atoms with Crippen molar-refractivity contribution in [2.24, 2.45) is 0 Å². The molecule has 0 radical (unpaired) electrons. The fraction of sp³-hybridized carbons (Fsp3) is 0.438. The largest absolute Gasteiger partial charge is 0.340 e. The van der Waals surface area contributed by atoms with Crippen molar-refractivity contribution < 1.29 is 19.1 Å². The molecule has 1 fully saturated rings. The zero-order valence-corrected chi connectivity index (χ0v) is 12.5. The standard InChI is InChI=1S/C16H21NO4/c1-4-12-21-17-14(13-10-8-7-9-11-13)16(15(17)18,19-5-2)20-6-3/h4,7-11,14H,1,5-6,12H2,2-3H3. The van der Waals surface area contributed by atoms with Crippen LogP contribution >= 0.6 is 0 Å². The summed E-state index contributed by atoms with van der Waals surface area (Å²) in [5, 5.41) is 1.31. The lowest BCUT2D eigenvalue weighted by Gasteiger charge is -2.52. The first-order valence-corrected chi connectivity index (χ1v) is 7.11. The number of nitrogens with zero attached hydrogens (tertiary/aromatic N) is 1. The minimum absolute atomic E-state index is 0.253. The molecule has 0 N–H and O–H groups in total. The maximum absolute atomic E-state index is 12.5. The van der Waals surface area contributed by atoms with E-state index in [0.717, 1.165) is 5.56 Å². The van der Waals surface area contributed by atoms with Gasteiger partial charge in [-0.15, -0.1) is 6.58 Å². The average Bonchev–Trinajstić information content (AvgIpc) is 2.51. The van der Waals surface area contributed by atoms with Gasteiger partial charge in [0, 0.05) is 13.2 Å². The minimum atomic E-state index is -1.30. The van der Waals surface area contributed by atoms with E-state index in [9.17, 15) is 4.79 Å². The van der Waals surface area contributed by atoms with Gasteiger partial charge in [0.05, 0.1) is 6.61 Å². The number of hydroxylamine groups is 2. The molecule has 0 saturated carbocycles. The molecule has 1 unspecified atom stereocenters. The summed E-state index contributed by atoms with van der Waals surface area (Å²) in [6, 6.07) is 9.16. The molecular weight excluding hydrogens is 270 g/mol. The van der Waals surface area contributed by atoms with E-state index in [4.69, 9.17) is 14.3 Å². The molecule has 114 valence electrons. The van der Waals surface area contributed by atoms with Crippen molar-refractivity contribution in [3.8, 4) is 0 Å². The third-order valence-corrected chi connectivity index (χ3v) is 3.26. The first kappa shape index (κ1) is 15.7. The van der Waals surface area contributed by atoms with Crippen LogP contribution in [0.25, 0.3) is 0 Å². The molecule has 2 rings (SSSR count). The molecule has 1 aliphatic rings. The molecule has 1 aliphatic heterocycles. The molecule has 21 heavy (non-hydrogen) atoms. The van der Waals surface area contributed by atoms with Crippen LogP contribution in [0.15, 0.2) is 43.0 Å². The fourth-order valence-corrected chi connectivity index (χ4v) is 2.48. The van der Waals surface area contributed by atoms with Gasteiger partial charge in [0.1, 0.15) is 6.04 Å². The Bertz CT molecular complexity index is 482. The number of β-lactam (4-membered cyclic amide) rings is 1. The van der Waals surface area contributed by atoms with Gasteiger partial charge in [0.25, 0.3) is 5.79 Å². The molecule has 1 heterocycles. The monoisotopic (exact) mass is 291 g/mol. The lowest BCUT2D eigenvalue weighted by atomic mass is 9.89. The molecular formula is C16H21NO4. The zero-order chi connectivity index (χ0) is 15.3. The smallest absolute Gasteiger partial charge is 0.309 e. The van der Waals surface area contributed by atoms with E-state index in [1.165, 1.54) is 5.06 Å². The molecule has 5 heteroatoms. The number of amides is 1. The molecule has 0 aliphatic carbocycles. The van der Waals surface area contributed by atoms with Gasteiger partial charge in [-0.3, -0.25) is 9.63 Å². The van der Waals surface area contributed by atoms with E-state index in [-0.39, 0.29) is 12.5 Å². The van der Waals surface area contributed by atoms with Crippen LogP contribution in [0.2, 0.25) is 0 Å². The number of carbonyl (C=O) groups is 1. The van der Waals surface area contributed by atoms with Crippen LogP contribution in [0.1, 0.15) is 25.5 Å². The van der Waals surface area contributed by atoms with Crippen molar-refractivity contribution in [2.75, 3.05) is 19.8 Å². The summed E-state index contributed by atoms with van der Waals surface area (Å²) in [7, 11) is 0. The number of ether oxygens (including phenoxy) is 2. The first-order valence-electron chi connectivity index (χ1n) is 7.11. The molecule has 1 saturated heterocycles. The highest BCUT2D eigenvalue weighted by molar-refractivity contribution is 5.91. The van der Waals surface area contributed by atoms with Gasteiger partial charge in [-0.25, -0.2) is 5.06 Å². The van der Waals surface area contributed by atoms with Gasteiger partial charge >= 0.3 is 5.91 Å². The maximum atomic E-state index is 12.5. The van der Waals surface area contributed by atoms with Crippen molar-refractivity contribution >= 4 is 5.91 Å². The van der Waals surface area contributed by atoms with Crippen molar-refractivity contribution in [1.82, 2.24) is 5.06 Å². The van der Waals surface area contributed by atoms with Gasteiger partial charge in [0.15, 0.2) is 0 Å². The molecule has 1 amide bonds. The Morgan fingerprint density at radius 1 is 1.24 bits per heavy atom. The second-order valence-corrected chi connectivity index (χ2v) is 4.56. The fourth-order valence-electron chi connectivity index (χ4n) is 2.48. The summed E-state index contributed by atoms with van der Waals surface area (Å²) >= 11 is 0. The van der Waals surface area contributed by atoms with E-state index in [2.05, 4.69) is 6.58 Å². The molecule has 5 nitrogen and oxygen atoms in total. The van der Waals surface area contributed by atoms with E-state index < -0.39 is 11.8 Å². The van der Waals surface area contributed by atoms with Crippen molar-refractivity contribution in [2.45, 2.75) is 25.7 Å². The molecule has 1 aromatic rings. The van der Waals surface area contributed by atoms with Crippen LogP contribution in [0, 0.1) is 0 Å². The van der Waals surface area contributed by atoms with Gasteiger partial charge in [-0.1, -0.05) is 36.4 Å². The molecule has 0 bridgehead atoms. The van der Waals surface area contributed by atoms with Gasteiger partial charge in [-0.2, -0.15) is 0 Å². The Morgan fingerprint density at radius 3 is 2.38 bits per heavy atom. The van der Waals surface area contributed by atoms with Crippen LogP contribution in [0.3, 0.4) is 0 Å². The molecule has 0 spiro atoms. The molecule has 1 aromatic carbocycles. The van der Waals surface area contributed by atoms with E-state index in [1.54, 1.807) is 6.08 Å². The Morgan fingerprint density at radius 2 is 1.86 bits per heavy atom. The summed E-state index contributed by atoms with van der Waals surface area (Å²) < 4.78 is 11.4. The Hall–Kier alpha value is -1.69. The highest BCUT2D eigenvalue weighted by atomic mass is 16.8. The third kappa shape index (κ3) is 2.72. The average molecular weight is 291 g/mol. The highest BCUT2D eigenvalue weighted by Crippen LogP contribution is 2.46. The first-order chi connectivity index (χ1) is 10.2. The minimum Gasteiger partial charge on any atom is -0.340 e. The molecule has 0 aromatic heterocycles. The summed E-state index contributed by atoms with van der Waals surface area (Å²) in [5.41, 5.74) is 0.906.